The molecule has 2 nitrogen and oxygen atoms in total. The molecule has 0 aliphatic carbocycles. The van der Waals surface area contributed by atoms with Crippen LogP contribution in [0.3, 0.4) is 0 Å². The molecule has 0 spiro atoms. The maximum Gasteiger partial charge on any atom is 0.126 e. The number of rotatable bonds is 3. The van der Waals surface area contributed by atoms with Crippen molar-refractivity contribution in [1.82, 2.24) is 4.90 Å². The average molecular weight is 286 g/mol. The fourth-order valence-corrected chi connectivity index (χ4v) is 4.08. The van der Waals surface area contributed by atoms with E-state index in [0.717, 1.165) is 19.2 Å². The molecule has 1 aliphatic heterocycles. The normalized spacial score (nSPS) is 26.4. The maximum absolute atomic E-state index is 13.3. The van der Waals surface area contributed by atoms with Gasteiger partial charge < -0.3 is 5.73 Å². The second-order valence-electron chi connectivity index (χ2n) is 5.17. The van der Waals surface area contributed by atoms with Gasteiger partial charge >= 0.3 is 0 Å². The van der Waals surface area contributed by atoms with E-state index in [1.54, 1.807) is 0 Å². The Morgan fingerprint density at radius 3 is 2.21 bits per heavy atom. The van der Waals surface area contributed by atoms with Gasteiger partial charge in [-0.25, -0.2) is 8.78 Å². The van der Waals surface area contributed by atoms with Gasteiger partial charge in [-0.1, -0.05) is 13.8 Å². The fraction of sp³-hybridized carbons (Fsp3) is 0.571. The Hall–Kier alpha value is -0.650. The Labute approximate surface area is 117 Å². The van der Waals surface area contributed by atoms with Crippen molar-refractivity contribution in [3.05, 3.63) is 35.4 Å². The van der Waals surface area contributed by atoms with Crippen LogP contribution in [0.4, 0.5) is 8.78 Å². The van der Waals surface area contributed by atoms with Gasteiger partial charge in [0.1, 0.15) is 11.6 Å². The number of nitrogens with zero attached hydrogens (tertiary/aromatic N) is 1. The maximum atomic E-state index is 13.3. The third-order valence-electron chi connectivity index (χ3n) is 3.38. The summed E-state index contributed by atoms with van der Waals surface area (Å²) in [5.41, 5.74) is 6.46. The van der Waals surface area contributed by atoms with Crippen molar-refractivity contribution in [2.24, 2.45) is 5.73 Å². The number of nitrogens with two attached hydrogens (primary N) is 1. The topological polar surface area (TPSA) is 29.3 Å². The third-order valence-corrected chi connectivity index (χ3v) is 4.61. The second kappa shape index (κ2) is 6.20. The van der Waals surface area contributed by atoms with Gasteiger partial charge in [-0.3, -0.25) is 4.90 Å². The van der Waals surface area contributed by atoms with E-state index in [1.807, 2.05) is 11.8 Å². The molecule has 1 heterocycles. The number of hydrogen-bond donors (Lipinski definition) is 1. The van der Waals surface area contributed by atoms with Crippen molar-refractivity contribution in [3.8, 4) is 0 Å². The molecule has 5 heteroatoms. The standard InChI is InChI=1S/C14H20F2N2S/c1-9-7-18(8-10(2)19-9)14(6-17)11-3-12(15)5-13(16)4-11/h3-5,9-10,14H,6-8,17H2,1-2H3. The van der Waals surface area contributed by atoms with E-state index in [4.69, 9.17) is 5.73 Å². The van der Waals surface area contributed by atoms with Crippen molar-refractivity contribution < 1.29 is 8.78 Å². The molecular weight excluding hydrogens is 266 g/mol. The first-order valence-electron chi connectivity index (χ1n) is 6.55. The lowest BCUT2D eigenvalue weighted by Gasteiger charge is -2.39. The summed E-state index contributed by atoms with van der Waals surface area (Å²) in [6.45, 7) is 6.51. The predicted octanol–water partition coefficient (Wildman–Crippen LogP) is 2.79. The molecule has 2 rings (SSSR count). The summed E-state index contributed by atoms with van der Waals surface area (Å²) in [6.07, 6.45) is 0. The summed E-state index contributed by atoms with van der Waals surface area (Å²) >= 11 is 1.94. The van der Waals surface area contributed by atoms with Gasteiger partial charge in [0.2, 0.25) is 0 Å². The molecule has 1 aromatic rings. The SMILES string of the molecule is CC1CN(C(CN)c2cc(F)cc(F)c2)CC(C)S1. The van der Waals surface area contributed by atoms with Gasteiger partial charge in [0.25, 0.3) is 0 Å². The molecule has 0 aromatic heterocycles. The van der Waals surface area contributed by atoms with Crippen LogP contribution in [-0.2, 0) is 0 Å². The van der Waals surface area contributed by atoms with Crippen LogP contribution in [-0.4, -0.2) is 35.0 Å². The number of hydrogen-bond acceptors (Lipinski definition) is 3. The van der Waals surface area contributed by atoms with E-state index in [2.05, 4.69) is 18.7 Å². The Bertz CT molecular complexity index is 411. The van der Waals surface area contributed by atoms with E-state index >= 15 is 0 Å². The van der Waals surface area contributed by atoms with E-state index in [1.165, 1.54) is 12.1 Å². The summed E-state index contributed by atoms with van der Waals surface area (Å²) < 4.78 is 26.7. The highest BCUT2D eigenvalue weighted by Gasteiger charge is 2.28. The largest absolute Gasteiger partial charge is 0.329 e. The van der Waals surface area contributed by atoms with Crippen molar-refractivity contribution in [2.75, 3.05) is 19.6 Å². The smallest absolute Gasteiger partial charge is 0.126 e. The lowest BCUT2D eigenvalue weighted by Crippen LogP contribution is -2.44. The van der Waals surface area contributed by atoms with Crippen LogP contribution >= 0.6 is 11.8 Å². The second-order valence-corrected chi connectivity index (χ2v) is 7.05. The highest BCUT2D eigenvalue weighted by Crippen LogP contribution is 2.31. The molecule has 1 aromatic carbocycles. The van der Waals surface area contributed by atoms with Gasteiger partial charge in [-0.15, -0.1) is 0 Å². The fourth-order valence-electron chi connectivity index (χ4n) is 2.74. The Balaban J connectivity index is 2.23. The highest BCUT2D eigenvalue weighted by atomic mass is 32.2. The van der Waals surface area contributed by atoms with Gasteiger partial charge in [0, 0.05) is 42.2 Å². The van der Waals surface area contributed by atoms with Crippen molar-refractivity contribution in [2.45, 2.75) is 30.4 Å². The quantitative estimate of drug-likeness (QED) is 0.926. The van der Waals surface area contributed by atoms with Crippen LogP contribution < -0.4 is 5.73 Å². The predicted molar refractivity (Wildman–Crippen MR) is 76.2 cm³/mol. The van der Waals surface area contributed by atoms with Gasteiger partial charge in [0.05, 0.1) is 0 Å². The van der Waals surface area contributed by atoms with Crippen LogP contribution in [0.5, 0.6) is 0 Å². The molecule has 2 N–H and O–H groups in total. The van der Waals surface area contributed by atoms with E-state index in [9.17, 15) is 8.78 Å². The molecule has 3 atom stereocenters. The summed E-state index contributed by atoms with van der Waals surface area (Å²) in [4.78, 5) is 2.24. The molecule has 0 radical (unpaired) electrons. The first kappa shape index (κ1) is 14.8. The minimum Gasteiger partial charge on any atom is -0.329 e. The van der Waals surface area contributed by atoms with Crippen LogP contribution in [0.2, 0.25) is 0 Å². The third kappa shape index (κ3) is 3.68. The minimum atomic E-state index is -0.541. The van der Waals surface area contributed by atoms with E-state index < -0.39 is 11.6 Å². The number of halogens is 2. The summed E-state index contributed by atoms with van der Waals surface area (Å²) in [6, 6.07) is 3.56. The van der Waals surface area contributed by atoms with Gasteiger partial charge in [-0.2, -0.15) is 11.8 Å². The first-order valence-corrected chi connectivity index (χ1v) is 7.49. The molecule has 1 fully saturated rings. The van der Waals surface area contributed by atoms with Crippen LogP contribution in [0.15, 0.2) is 18.2 Å². The summed E-state index contributed by atoms with van der Waals surface area (Å²) in [5, 5.41) is 1.02. The Morgan fingerprint density at radius 2 is 1.74 bits per heavy atom. The molecule has 19 heavy (non-hydrogen) atoms. The van der Waals surface area contributed by atoms with Gasteiger partial charge in [-0.05, 0) is 17.7 Å². The number of benzene rings is 1. The molecule has 3 unspecified atom stereocenters. The summed E-state index contributed by atoms with van der Waals surface area (Å²) in [5.74, 6) is -1.08. The highest BCUT2D eigenvalue weighted by molar-refractivity contribution is 8.00. The molecular formula is C14H20F2N2S. The van der Waals surface area contributed by atoms with Crippen LogP contribution in [0.25, 0.3) is 0 Å². The zero-order valence-corrected chi connectivity index (χ0v) is 12.1. The van der Waals surface area contributed by atoms with Crippen molar-refractivity contribution in [1.29, 1.82) is 0 Å². The van der Waals surface area contributed by atoms with Crippen LogP contribution in [0, 0.1) is 11.6 Å². The monoisotopic (exact) mass is 286 g/mol. The molecule has 0 saturated carbocycles. The Kier molecular flexibility index (Phi) is 4.81. The lowest BCUT2D eigenvalue weighted by atomic mass is 10.0. The zero-order chi connectivity index (χ0) is 14.0. The summed E-state index contributed by atoms with van der Waals surface area (Å²) in [7, 11) is 0. The Morgan fingerprint density at radius 1 is 1.21 bits per heavy atom. The van der Waals surface area contributed by atoms with Crippen LogP contribution in [0.1, 0.15) is 25.5 Å². The molecule has 0 bridgehead atoms. The van der Waals surface area contributed by atoms with Crippen molar-refractivity contribution in [3.63, 3.8) is 0 Å². The molecule has 0 amide bonds. The first-order chi connectivity index (χ1) is 8.99. The number of thioether (sulfide) groups is 1. The molecule has 1 aliphatic rings. The van der Waals surface area contributed by atoms with Crippen molar-refractivity contribution >= 4 is 11.8 Å². The molecule has 106 valence electrons. The minimum absolute atomic E-state index is 0.115. The zero-order valence-electron chi connectivity index (χ0n) is 11.3. The van der Waals surface area contributed by atoms with E-state index in [0.29, 0.717) is 22.6 Å². The van der Waals surface area contributed by atoms with Gasteiger partial charge in [0.15, 0.2) is 0 Å². The lowest BCUT2D eigenvalue weighted by molar-refractivity contribution is 0.198. The molecule has 1 saturated heterocycles. The average Bonchev–Trinajstić information content (AvgIpc) is 2.27. The van der Waals surface area contributed by atoms with E-state index in [-0.39, 0.29) is 6.04 Å².